The summed E-state index contributed by atoms with van der Waals surface area (Å²) in [5.74, 6) is 11.1. The van der Waals surface area contributed by atoms with Gasteiger partial charge in [-0.2, -0.15) is 0 Å². The molecule has 0 fully saturated rings. The van der Waals surface area contributed by atoms with E-state index in [9.17, 15) is 4.79 Å². The van der Waals surface area contributed by atoms with Gasteiger partial charge in [0.1, 0.15) is 0 Å². The summed E-state index contributed by atoms with van der Waals surface area (Å²) in [5.41, 5.74) is 0.796. The average Bonchev–Trinajstić information content (AvgIpc) is 2.43. The molecule has 0 amide bonds. The molecule has 0 N–H and O–H groups in total. The SMILES string of the molecule is CCC#CC(CC(C)C)OC(=O)C#Cc1ccccc1. The fourth-order valence-electron chi connectivity index (χ4n) is 1.58. The second-order valence-electron chi connectivity index (χ2n) is 4.81. The molecule has 2 heteroatoms. The summed E-state index contributed by atoms with van der Waals surface area (Å²) in [6, 6.07) is 9.36. The van der Waals surface area contributed by atoms with E-state index in [-0.39, 0.29) is 6.10 Å². The van der Waals surface area contributed by atoms with Crippen molar-refractivity contribution >= 4 is 5.97 Å². The molecule has 0 bridgehead atoms. The lowest BCUT2D eigenvalue weighted by molar-refractivity contribution is -0.139. The highest BCUT2D eigenvalue weighted by atomic mass is 16.5. The van der Waals surface area contributed by atoms with E-state index < -0.39 is 5.97 Å². The Morgan fingerprint density at radius 3 is 2.55 bits per heavy atom. The number of esters is 1. The van der Waals surface area contributed by atoms with Crippen LogP contribution in [0.2, 0.25) is 0 Å². The van der Waals surface area contributed by atoms with E-state index in [1.165, 1.54) is 0 Å². The van der Waals surface area contributed by atoms with Crippen molar-refractivity contribution in [1.29, 1.82) is 0 Å². The van der Waals surface area contributed by atoms with Crippen LogP contribution in [0, 0.1) is 29.6 Å². The summed E-state index contributed by atoms with van der Waals surface area (Å²) in [4.78, 5) is 11.7. The van der Waals surface area contributed by atoms with Crippen molar-refractivity contribution in [1.82, 2.24) is 0 Å². The topological polar surface area (TPSA) is 26.3 Å². The monoisotopic (exact) mass is 268 g/mol. The Balaban J connectivity index is 2.64. The first-order valence-electron chi connectivity index (χ1n) is 6.88. The van der Waals surface area contributed by atoms with Gasteiger partial charge in [0.25, 0.3) is 0 Å². The fraction of sp³-hybridized carbons (Fsp3) is 0.389. The van der Waals surface area contributed by atoms with Gasteiger partial charge in [0.05, 0.1) is 0 Å². The second kappa shape index (κ2) is 8.83. The van der Waals surface area contributed by atoms with Crippen LogP contribution in [-0.4, -0.2) is 12.1 Å². The molecule has 0 saturated heterocycles. The molecule has 104 valence electrons. The maximum atomic E-state index is 11.7. The number of hydrogen-bond acceptors (Lipinski definition) is 2. The third-order valence-corrected chi connectivity index (χ3v) is 2.46. The lowest BCUT2D eigenvalue weighted by Crippen LogP contribution is -2.17. The van der Waals surface area contributed by atoms with Crippen molar-refractivity contribution in [2.75, 3.05) is 0 Å². The maximum absolute atomic E-state index is 11.7. The summed E-state index contributed by atoms with van der Waals surface area (Å²) in [7, 11) is 0. The molecule has 20 heavy (non-hydrogen) atoms. The van der Waals surface area contributed by atoms with E-state index >= 15 is 0 Å². The van der Waals surface area contributed by atoms with Gasteiger partial charge < -0.3 is 4.74 Å². The molecule has 0 aliphatic rings. The van der Waals surface area contributed by atoms with Gasteiger partial charge in [0.15, 0.2) is 6.10 Å². The Morgan fingerprint density at radius 2 is 1.95 bits per heavy atom. The molecule has 2 nitrogen and oxygen atoms in total. The number of carbonyl (C=O) groups excluding carboxylic acids is 1. The molecule has 0 aliphatic heterocycles. The minimum Gasteiger partial charge on any atom is -0.440 e. The Labute approximate surface area is 121 Å². The fourth-order valence-corrected chi connectivity index (χ4v) is 1.58. The van der Waals surface area contributed by atoms with Crippen LogP contribution < -0.4 is 0 Å². The molecule has 1 unspecified atom stereocenters. The van der Waals surface area contributed by atoms with Crippen LogP contribution in [0.3, 0.4) is 0 Å². The standard InChI is InChI=1S/C18H20O2/c1-4-5-11-17(14-15(2)3)20-18(19)13-12-16-9-7-6-8-10-16/h6-10,15,17H,4,14H2,1-3H3. The van der Waals surface area contributed by atoms with Crippen LogP contribution in [0.1, 0.15) is 39.2 Å². The van der Waals surface area contributed by atoms with Gasteiger partial charge in [-0.25, -0.2) is 4.79 Å². The Bertz CT molecular complexity index is 536. The van der Waals surface area contributed by atoms with Crippen molar-refractivity contribution < 1.29 is 9.53 Å². The predicted octanol–water partition coefficient (Wildman–Crippen LogP) is 3.41. The summed E-state index contributed by atoms with van der Waals surface area (Å²) in [5, 5.41) is 0. The summed E-state index contributed by atoms with van der Waals surface area (Å²) in [6.45, 7) is 6.12. The molecular formula is C18H20O2. The number of ether oxygens (including phenoxy) is 1. The second-order valence-corrected chi connectivity index (χ2v) is 4.81. The normalized spacial score (nSPS) is 10.8. The molecule has 0 aliphatic carbocycles. The number of carbonyl (C=O) groups is 1. The molecule has 1 aromatic carbocycles. The first-order valence-corrected chi connectivity index (χ1v) is 6.88. The van der Waals surface area contributed by atoms with E-state index in [1.807, 2.05) is 37.3 Å². The number of hydrogen-bond donors (Lipinski definition) is 0. The van der Waals surface area contributed by atoms with Crippen LogP contribution in [0.4, 0.5) is 0 Å². The average molecular weight is 268 g/mol. The Morgan fingerprint density at radius 1 is 1.25 bits per heavy atom. The van der Waals surface area contributed by atoms with E-state index in [0.717, 1.165) is 18.4 Å². The molecule has 0 saturated carbocycles. The highest BCUT2D eigenvalue weighted by Gasteiger charge is 2.12. The zero-order valence-electron chi connectivity index (χ0n) is 12.3. The maximum Gasteiger partial charge on any atom is 0.385 e. The quantitative estimate of drug-likeness (QED) is 0.620. The number of benzene rings is 1. The molecule has 0 spiro atoms. The lowest BCUT2D eigenvalue weighted by Gasteiger charge is -2.12. The van der Waals surface area contributed by atoms with E-state index in [0.29, 0.717) is 5.92 Å². The molecular weight excluding hydrogens is 248 g/mol. The zero-order chi connectivity index (χ0) is 14.8. The zero-order valence-corrected chi connectivity index (χ0v) is 12.3. The molecule has 1 rings (SSSR count). The van der Waals surface area contributed by atoms with Gasteiger partial charge in [-0.3, -0.25) is 0 Å². The predicted molar refractivity (Wildman–Crippen MR) is 80.7 cm³/mol. The summed E-state index contributed by atoms with van der Waals surface area (Å²) < 4.78 is 5.30. The van der Waals surface area contributed by atoms with E-state index in [1.54, 1.807) is 0 Å². The largest absolute Gasteiger partial charge is 0.440 e. The molecule has 1 aromatic rings. The van der Waals surface area contributed by atoms with Gasteiger partial charge in [-0.1, -0.05) is 56.7 Å². The third kappa shape index (κ3) is 6.66. The summed E-state index contributed by atoms with van der Waals surface area (Å²) >= 11 is 0. The van der Waals surface area contributed by atoms with Gasteiger partial charge in [-0.15, -0.1) is 0 Å². The smallest absolute Gasteiger partial charge is 0.385 e. The van der Waals surface area contributed by atoms with Gasteiger partial charge in [-0.05, 0) is 24.5 Å². The first kappa shape index (κ1) is 15.9. The van der Waals surface area contributed by atoms with Crippen LogP contribution in [-0.2, 0) is 9.53 Å². The van der Waals surface area contributed by atoms with Gasteiger partial charge in [0.2, 0.25) is 0 Å². The van der Waals surface area contributed by atoms with Crippen LogP contribution in [0.15, 0.2) is 30.3 Å². The Kier molecular flexibility index (Phi) is 7.01. The first-order chi connectivity index (χ1) is 9.61. The molecule has 0 heterocycles. The van der Waals surface area contributed by atoms with E-state index in [2.05, 4.69) is 37.5 Å². The number of rotatable bonds is 3. The van der Waals surface area contributed by atoms with Gasteiger partial charge in [0, 0.05) is 17.9 Å². The Hall–Kier alpha value is -2.19. The van der Waals surface area contributed by atoms with Crippen LogP contribution in [0.5, 0.6) is 0 Å². The highest BCUT2D eigenvalue weighted by molar-refractivity contribution is 5.89. The minimum absolute atomic E-state index is 0.368. The van der Waals surface area contributed by atoms with Crippen molar-refractivity contribution in [3.8, 4) is 23.7 Å². The lowest BCUT2D eigenvalue weighted by atomic mass is 10.1. The van der Waals surface area contributed by atoms with Crippen molar-refractivity contribution in [2.24, 2.45) is 5.92 Å². The minimum atomic E-state index is -0.523. The van der Waals surface area contributed by atoms with Crippen molar-refractivity contribution in [2.45, 2.75) is 39.7 Å². The van der Waals surface area contributed by atoms with Crippen molar-refractivity contribution in [3.63, 3.8) is 0 Å². The van der Waals surface area contributed by atoms with Crippen LogP contribution in [0.25, 0.3) is 0 Å². The van der Waals surface area contributed by atoms with Crippen LogP contribution >= 0.6 is 0 Å². The van der Waals surface area contributed by atoms with Crippen molar-refractivity contribution in [3.05, 3.63) is 35.9 Å². The molecule has 0 aromatic heterocycles. The van der Waals surface area contributed by atoms with Gasteiger partial charge >= 0.3 is 5.97 Å². The molecule has 0 radical (unpaired) electrons. The highest BCUT2D eigenvalue weighted by Crippen LogP contribution is 2.08. The summed E-state index contributed by atoms with van der Waals surface area (Å²) in [6.07, 6.45) is 1.11. The third-order valence-electron chi connectivity index (χ3n) is 2.46. The van der Waals surface area contributed by atoms with E-state index in [4.69, 9.17) is 4.74 Å². The molecule has 1 atom stereocenters.